The Morgan fingerprint density at radius 1 is 1.24 bits per heavy atom. The summed E-state index contributed by atoms with van der Waals surface area (Å²) in [6, 6.07) is 6.06. The van der Waals surface area contributed by atoms with Gasteiger partial charge in [-0.1, -0.05) is 23.2 Å². The Hall–Kier alpha value is -2.18. The SMILES string of the molecule is O=[N+]([O-])c1ccc(F)c(-c2nc3cc(Cl)cc(Cl)c3o2)c1. The number of aromatic nitrogens is 1. The highest BCUT2D eigenvalue weighted by Crippen LogP contribution is 2.33. The van der Waals surface area contributed by atoms with E-state index in [-0.39, 0.29) is 27.7 Å². The second-order valence-corrected chi connectivity index (χ2v) is 5.02. The molecule has 0 spiro atoms. The Balaban J connectivity index is 2.23. The van der Waals surface area contributed by atoms with Gasteiger partial charge in [0.15, 0.2) is 5.58 Å². The number of hydrogen-bond donors (Lipinski definition) is 0. The van der Waals surface area contributed by atoms with Gasteiger partial charge in [-0.15, -0.1) is 0 Å². The van der Waals surface area contributed by atoms with E-state index in [4.69, 9.17) is 27.6 Å². The summed E-state index contributed by atoms with van der Waals surface area (Å²) in [5, 5.41) is 11.3. The van der Waals surface area contributed by atoms with Crippen LogP contribution in [-0.4, -0.2) is 9.91 Å². The molecule has 0 radical (unpaired) electrons. The van der Waals surface area contributed by atoms with Gasteiger partial charge in [0, 0.05) is 17.2 Å². The molecule has 3 rings (SSSR count). The number of nitrogens with zero attached hydrogens (tertiary/aromatic N) is 2. The van der Waals surface area contributed by atoms with E-state index in [1.54, 1.807) is 0 Å². The fourth-order valence-corrected chi connectivity index (χ4v) is 2.39. The van der Waals surface area contributed by atoms with Crippen LogP contribution in [0.2, 0.25) is 10.0 Å². The third-order valence-corrected chi connectivity index (χ3v) is 3.30. The number of nitro groups is 1. The van der Waals surface area contributed by atoms with E-state index in [9.17, 15) is 14.5 Å². The maximum atomic E-state index is 13.8. The van der Waals surface area contributed by atoms with Crippen LogP contribution in [0, 0.1) is 15.9 Å². The first-order valence-corrected chi connectivity index (χ1v) is 6.41. The zero-order chi connectivity index (χ0) is 15.1. The Morgan fingerprint density at radius 3 is 2.71 bits per heavy atom. The molecule has 0 N–H and O–H groups in total. The molecule has 1 heterocycles. The highest BCUT2D eigenvalue weighted by Gasteiger charge is 2.18. The van der Waals surface area contributed by atoms with Gasteiger partial charge >= 0.3 is 0 Å². The molecule has 0 aliphatic carbocycles. The minimum atomic E-state index is -0.686. The van der Waals surface area contributed by atoms with Crippen molar-refractivity contribution >= 4 is 40.0 Å². The lowest BCUT2D eigenvalue weighted by Crippen LogP contribution is -1.91. The van der Waals surface area contributed by atoms with E-state index in [1.165, 1.54) is 12.1 Å². The van der Waals surface area contributed by atoms with Gasteiger partial charge in [-0.2, -0.15) is 0 Å². The second-order valence-electron chi connectivity index (χ2n) is 4.18. The molecule has 0 aliphatic rings. The first kappa shape index (κ1) is 13.8. The van der Waals surface area contributed by atoms with Crippen LogP contribution in [0.4, 0.5) is 10.1 Å². The topological polar surface area (TPSA) is 69.2 Å². The van der Waals surface area contributed by atoms with E-state index in [1.807, 2.05) is 0 Å². The standard InChI is InChI=1S/C13H5Cl2FN2O3/c14-6-3-9(15)12-11(4-6)17-13(21-12)8-5-7(18(19)20)1-2-10(8)16/h1-5H. The number of oxazole rings is 1. The number of hydrogen-bond acceptors (Lipinski definition) is 4. The number of benzene rings is 2. The van der Waals surface area contributed by atoms with Gasteiger partial charge in [0.05, 0.1) is 15.5 Å². The third kappa shape index (κ3) is 2.43. The van der Waals surface area contributed by atoms with E-state index < -0.39 is 10.7 Å². The molecule has 0 amide bonds. The summed E-state index contributed by atoms with van der Waals surface area (Å²) in [5.41, 5.74) is 0.195. The highest BCUT2D eigenvalue weighted by molar-refractivity contribution is 6.38. The molecule has 8 heteroatoms. The molecular formula is C13H5Cl2FN2O3. The molecule has 0 saturated heterocycles. The van der Waals surface area contributed by atoms with E-state index >= 15 is 0 Å². The fraction of sp³-hybridized carbons (Fsp3) is 0. The molecule has 106 valence electrons. The first-order chi connectivity index (χ1) is 9.95. The zero-order valence-corrected chi connectivity index (χ0v) is 11.7. The Morgan fingerprint density at radius 2 is 2.00 bits per heavy atom. The average molecular weight is 327 g/mol. The third-order valence-electron chi connectivity index (χ3n) is 2.80. The zero-order valence-electron chi connectivity index (χ0n) is 10.1. The van der Waals surface area contributed by atoms with Crippen molar-refractivity contribution in [3.05, 3.63) is 56.3 Å². The summed E-state index contributed by atoms with van der Waals surface area (Å²) >= 11 is 11.8. The molecule has 0 saturated carbocycles. The quantitative estimate of drug-likeness (QED) is 0.498. The van der Waals surface area contributed by atoms with Crippen molar-refractivity contribution in [2.24, 2.45) is 0 Å². The summed E-state index contributed by atoms with van der Waals surface area (Å²) in [4.78, 5) is 14.2. The molecule has 21 heavy (non-hydrogen) atoms. The van der Waals surface area contributed by atoms with Crippen LogP contribution in [0.3, 0.4) is 0 Å². The maximum absolute atomic E-state index is 13.8. The van der Waals surface area contributed by atoms with Gasteiger partial charge in [0.1, 0.15) is 11.3 Å². The average Bonchev–Trinajstić information content (AvgIpc) is 2.82. The molecule has 5 nitrogen and oxygen atoms in total. The molecule has 3 aromatic rings. The van der Waals surface area contributed by atoms with Crippen LogP contribution in [-0.2, 0) is 0 Å². The predicted octanol–water partition coefficient (Wildman–Crippen LogP) is 4.85. The maximum Gasteiger partial charge on any atom is 0.270 e. The monoisotopic (exact) mass is 326 g/mol. The lowest BCUT2D eigenvalue weighted by molar-refractivity contribution is -0.384. The van der Waals surface area contributed by atoms with E-state index in [0.717, 1.165) is 18.2 Å². The van der Waals surface area contributed by atoms with Crippen molar-refractivity contribution in [3.8, 4) is 11.5 Å². The van der Waals surface area contributed by atoms with Crippen LogP contribution >= 0.6 is 23.2 Å². The summed E-state index contributed by atoms with van der Waals surface area (Å²) in [6.45, 7) is 0. The smallest absolute Gasteiger partial charge is 0.270 e. The fourth-order valence-electron chi connectivity index (χ4n) is 1.87. The molecule has 0 aliphatic heterocycles. The number of nitro benzene ring substituents is 1. The molecule has 0 atom stereocenters. The molecule has 0 fully saturated rings. The van der Waals surface area contributed by atoms with Crippen molar-refractivity contribution < 1.29 is 13.7 Å². The van der Waals surface area contributed by atoms with Crippen LogP contribution in [0.15, 0.2) is 34.7 Å². The number of halogens is 3. The summed E-state index contributed by atoms with van der Waals surface area (Å²) in [6.07, 6.45) is 0. The molecule has 1 aromatic heterocycles. The summed E-state index contributed by atoms with van der Waals surface area (Å²) in [5.74, 6) is -0.787. The minimum absolute atomic E-state index is 0.102. The Bertz CT molecular complexity index is 879. The molecule has 0 unspecified atom stereocenters. The van der Waals surface area contributed by atoms with E-state index in [0.29, 0.717) is 10.5 Å². The molecular weight excluding hydrogens is 322 g/mol. The lowest BCUT2D eigenvalue weighted by atomic mass is 10.2. The van der Waals surface area contributed by atoms with Crippen molar-refractivity contribution in [1.82, 2.24) is 4.98 Å². The van der Waals surface area contributed by atoms with Crippen LogP contribution in [0.1, 0.15) is 0 Å². The van der Waals surface area contributed by atoms with Gasteiger partial charge in [0.25, 0.3) is 5.69 Å². The van der Waals surface area contributed by atoms with Gasteiger partial charge < -0.3 is 4.42 Å². The summed E-state index contributed by atoms with van der Waals surface area (Å²) < 4.78 is 19.2. The van der Waals surface area contributed by atoms with Crippen molar-refractivity contribution in [2.45, 2.75) is 0 Å². The van der Waals surface area contributed by atoms with Crippen LogP contribution < -0.4 is 0 Å². The molecule has 0 bridgehead atoms. The van der Waals surface area contributed by atoms with Crippen molar-refractivity contribution in [2.75, 3.05) is 0 Å². The van der Waals surface area contributed by atoms with Crippen molar-refractivity contribution in [3.63, 3.8) is 0 Å². The highest BCUT2D eigenvalue weighted by atomic mass is 35.5. The van der Waals surface area contributed by atoms with Gasteiger partial charge in [-0.3, -0.25) is 10.1 Å². The number of fused-ring (bicyclic) bond motifs is 1. The Labute approximate surface area is 127 Å². The minimum Gasteiger partial charge on any atom is -0.434 e. The number of rotatable bonds is 2. The summed E-state index contributed by atoms with van der Waals surface area (Å²) in [7, 11) is 0. The number of non-ortho nitro benzene ring substituents is 1. The van der Waals surface area contributed by atoms with Crippen molar-refractivity contribution in [1.29, 1.82) is 0 Å². The van der Waals surface area contributed by atoms with Gasteiger partial charge in [-0.25, -0.2) is 9.37 Å². The van der Waals surface area contributed by atoms with Gasteiger partial charge in [-0.05, 0) is 18.2 Å². The second kappa shape index (κ2) is 4.98. The normalized spacial score (nSPS) is 11.0. The first-order valence-electron chi connectivity index (χ1n) is 5.65. The predicted molar refractivity (Wildman–Crippen MR) is 76.1 cm³/mol. The largest absolute Gasteiger partial charge is 0.434 e. The van der Waals surface area contributed by atoms with Gasteiger partial charge in [0.2, 0.25) is 5.89 Å². The van der Waals surface area contributed by atoms with E-state index in [2.05, 4.69) is 4.98 Å². The van der Waals surface area contributed by atoms with Crippen LogP contribution in [0.5, 0.6) is 0 Å². The Kier molecular flexibility index (Phi) is 3.27. The van der Waals surface area contributed by atoms with Crippen LogP contribution in [0.25, 0.3) is 22.6 Å². The lowest BCUT2D eigenvalue weighted by Gasteiger charge is -1.98. The molecule has 2 aromatic carbocycles.